The first-order valence-electron chi connectivity index (χ1n) is 9.01. The molecule has 0 atom stereocenters. The van der Waals surface area contributed by atoms with Gasteiger partial charge in [-0.3, -0.25) is 4.72 Å². The zero-order chi connectivity index (χ0) is 22.0. The van der Waals surface area contributed by atoms with E-state index in [2.05, 4.69) is 25.3 Å². The number of nitrogens with zero attached hydrogens (tertiary/aromatic N) is 4. The van der Waals surface area contributed by atoms with Gasteiger partial charge in [-0.25, -0.2) is 13.1 Å². The predicted octanol–water partition coefficient (Wildman–Crippen LogP) is 4.82. The number of halogens is 2. The molecular weight excluding hydrogens is 459 g/mol. The monoisotopic (exact) mass is 474 g/mol. The van der Waals surface area contributed by atoms with Crippen LogP contribution in [-0.2, 0) is 10.0 Å². The number of benzene rings is 2. The summed E-state index contributed by atoms with van der Waals surface area (Å²) in [5.74, 6) is 1.13. The average molecular weight is 475 g/mol. The molecule has 0 aliphatic carbocycles. The Labute approximate surface area is 188 Å². The van der Waals surface area contributed by atoms with Crippen LogP contribution in [0.1, 0.15) is 5.56 Å². The van der Waals surface area contributed by atoms with Crippen LogP contribution < -0.4 is 10.0 Å². The second-order valence-corrected chi connectivity index (χ2v) is 9.03. The zero-order valence-corrected chi connectivity index (χ0v) is 18.4. The van der Waals surface area contributed by atoms with E-state index in [4.69, 9.17) is 23.2 Å². The van der Waals surface area contributed by atoms with Crippen molar-refractivity contribution in [2.24, 2.45) is 0 Å². The van der Waals surface area contributed by atoms with Crippen molar-refractivity contribution in [2.75, 3.05) is 10.0 Å². The lowest BCUT2D eigenvalue weighted by Crippen LogP contribution is -2.13. The molecule has 0 bridgehead atoms. The fourth-order valence-corrected chi connectivity index (χ4v) is 4.63. The SMILES string of the molecule is Cc1cc(S(=O)(=O)Nc2ccc(Nc3ccc(-n4cccn4)nn3)cc2)c(Cl)cc1Cl. The van der Waals surface area contributed by atoms with Crippen LogP contribution in [0, 0.1) is 6.92 Å². The minimum Gasteiger partial charge on any atom is -0.339 e. The van der Waals surface area contributed by atoms with E-state index in [0.717, 1.165) is 0 Å². The van der Waals surface area contributed by atoms with Gasteiger partial charge in [-0.1, -0.05) is 23.2 Å². The molecule has 0 aliphatic rings. The standard InChI is InChI=1S/C20H16Cl2N6O2S/c1-13-11-18(17(22)12-16(13)21)31(29,30)27-15-5-3-14(4-6-15)24-19-7-8-20(26-25-19)28-10-2-9-23-28/h2-12,27H,1H3,(H,24,25). The number of aryl methyl sites for hydroxylation is 1. The van der Waals surface area contributed by atoms with Crippen molar-refractivity contribution >= 4 is 50.4 Å². The molecule has 11 heteroatoms. The van der Waals surface area contributed by atoms with E-state index >= 15 is 0 Å². The third kappa shape index (κ3) is 4.79. The number of anilines is 3. The molecule has 2 N–H and O–H groups in total. The van der Waals surface area contributed by atoms with Crippen LogP contribution in [-0.4, -0.2) is 28.4 Å². The van der Waals surface area contributed by atoms with Crippen LogP contribution in [0.15, 0.2) is 71.9 Å². The van der Waals surface area contributed by atoms with E-state index in [1.165, 1.54) is 12.1 Å². The topological polar surface area (TPSA) is 102 Å². The van der Waals surface area contributed by atoms with E-state index in [9.17, 15) is 8.42 Å². The van der Waals surface area contributed by atoms with Crippen LogP contribution in [0.3, 0.4) is 0 Å². The van der Waals surface area contributed by atoms with Gasteiger partial charge in [0, 0.05) is 28.8 Å². The summed E-state index contributed by atoms with van der Waals surface area (Å²) < 4.78 is 29.5. The molecule has 8 nitrogen and oxygen atoms in total. The predicted molar refractivity (Wildman–Crippen MR) is 121 cm³/mol. The molecule has 158 valence electrons. The van der Waals surface area contributed by atoms with Gasteiger partial charge in [-0.05, 0) is 67.1 Å². The van der Waals surface area contributed by atoms with Gasteiger partial charge in [0.1, 0.15) is 4.90 Å². The summed E-state index contributed by atoms with van der Waals surface area (Å²) in [7, 11) is -3.87. The summed E-state index contributed by atoms with van der Waals surface area (Å²) in [6, 6.07) is 14.9. The van der Waals surface area contributed by atoms with Crippen LogP contribution in [0.25, 0.3) is 5.82 Å². The Kier molecular flexibility index (Phi) is 5.81. The first-order valence-corrected chi connectivity index (χ1v) is 11.2. The number of hydrogen-bond donors (Lipinski definition) is 2. The van der Waals surface area contributed by atoms with Gasteiger partial charge in [-0.2, -0.15) is 5.10 Å². The summed E-state index contributed by atoms with van der Waals surface area (Å²) in [5, 5.41) is 15.9. The molecule has 2 aromatic heterocycles. The molecule has 0 amide bonds. The number of nitrogens with one attached hydrogen (secondary N) is 2. The average Bonchev–Trinajstić information content (AvgIpc) is 3.27. The van der Waals surface area contributed by atoms with E-state index < -0.39 is 10.0 Å². The van der Waals surface area contributed by atoms with Crippen molar-refractivity contribution in [3.05, 3.63) is 82.6 Å². The molecule has 0 saturated heterocycles. The van der Waals surface area contributed by atoms with Gasteiger partial charge >= 0.3 is 0 Å². The molecule has 0 saturated carbocycles. The third-order valence-electron chi connectivity index (χ3n) is 4.30. The lowest BCUT2D eigenvalue weighted by Gasteiger charge is -2.12. The molecule has 0 aliphatic heterocycles. The fraction of sp³-hybridized carbons (Fsp3) is 0.0500. The largest absolute Gasteiger partial charge is 0.339 e. The van der Waals surface area contributed by atoms with E-state index in [1.807, 2.05) is 0 Å². The maximum atomic E-state index is 12.7. The number of rotatable bonds is 6. The van der Waals surface area contributed by atoms with Gasteiger partial charge in [0.15, 0.2) is 11.6 Å². The van der Waals surface area contributed by atoms with E-state index in [1.54, 1.807) is 66.5 Å². The minimum atomic E-state index is -3.87. The molecule has 4 aromatic rings. The van der Waals surface area contributed by atoms with Crippen molar-refractivity contribution in [2.45, 2.75) is 11.8 Å². The molecule has 4 rings (SSSR count). The summed E-state index contributed by atoms with van der Waals surface area (Å²) >= 11 is 12.1. The first-order chi connectivity index (χ1) is 14.8. The zero-order valence-electron chi connectivity index (χ0n) is 16.1. The molecule has 0 unspecified atom stereocenters. The third-order valence-corrected chi connectivity index (χ3v) is 6.55. The lowest BCUT2D eigenvalue weighted by molar-refractivity contribution is 0.601. The summed E-state index contributed by atoms with van der Waals surface area (Å²) in [6.07, 6.45) is 3.43. The van der Waals surface area contributed by atoms with Crippen LogP contribution in [0.4, 0.5) is 17.2 Å². The second-order valence-electron chi connectivity index (χ2n) is 6.57. The molecular formula is C20H16Cl2N6O2S. The van der Waals surface area contributed by atoms with Crippen LogP contribution in [0.5, 0.6) is 0 Å². The summed E-state index contributed by atoms with van der Waals surface area (Å²) in [6.45, 7) is 1.71. The molecule has 0 fully saturated rings. The normalized spacial score (nSPS) is 11.3. The smallest absolute Gasteiger partial charge is 0.263 e. The van der Waals surface area contributed by atoms with Crippen molar-refractivity contribution in [1.82, 2.24) is 20.0 Å². The van der Waals surface area contributed by atoms with Crippen molar-refractivity contribution in [1.29, 1.82) is 0 Å². The summed E-state index contributed by atoms with van der Waals surface area (Å²) in [4.78, 5) is -0.0363. The maximum absolute atomic E-state index is 12.7. The molecule has 2 heterocycles. The fourth-order valence-electron chi connectivity index (χ4n) is 2.73. The van der Waals surface area contributed by atoms with Crippen LogP contribution >= 0.6 is 23.2 Å². The summed E-state index contributed by atoms with van der Waals surface area (Å²) in [5.41, 5.74) is 1.71. The quantitative estimate of drug-likeness (QED) is 0.415. The molecule has 0 spiro atoms. The Bertz CT molecular complexity index is 1310. The Morgan fingerprint density at radius 2 is 1.68 bits per heavy atom. The molecule has 2 aromatic carbocycles. The number of hydrogen-bond acceptors (Lipinski definition) is 6. The van der Waals surface area contributed by atoms with Gasteiger partial charge in [0.25, 0.3) is 10.0 Å². The Morgan fingerprint density at radius 1 is 0.935 bits per heavy atom. The van der Waals surface area contributed by atoms with Crippen molar-refractivity contribution in [3.63, 3.8) is 0 Å². The van der Waals surface area contributed by atoms with E-state index in [-0.39, 0.29) is 9.92 Å². The number of sulfonamides is 1. The minimum absolute atomic E-state index is 0.0363. The van der Waals surface area contributed by atoms with Crippen molar-refractivity contribution < 1.29 is 8.42 Å². The molecule has 31 heavy (non-hydrogen) atoms. The lowest BCUT2D eigenvalue weighted by atomic mass is 10.2. The molecule has 0 radical (unpaired) electrons. The highest BCUT2D eigenvalue weighted by molar-refractivity contribution is 7.92. The Balaban J connectivity index is 1.46. The highest BCUT2D eigenvalue weighted by atomic mass is 35.5. The van der Waals surface area contributed by atoms with Crippen molar-refractivity contribution in [3.8, 4) is 5.82 Å². The van der Waals surface area contributed by atoms with Gasteiger partial charge < -0.3 is 5.32 Å². The maximum Gasteiger partial charge on any atom is 0.263 e. The Hall–Kier alpha value is -3.14. The van der Waals surface area contributed by atoms with Gasteiger partial charge in [0.2, 0.25) is 0 Å². The first kappa shape index (κ1) is 21.1. The highest BCUT2D eigenvalue weighted by Gasteiger charge is 2.19. The Morgan fingerprint density at radius 3 is 2.32 bits per heavy atom. The second kappa shape index (κ2) is 8.54. The number of aromatic nitrogens is 4. The highest BCUT2D eigenvalue weighted by Crippen LogP contribution is 2.29. The van der Waals surface area contributed by atoms with Gasteiger partial charge in [0.05, 0.1) is 5.02 Å². The van der Waals surface area contributed by atoms with Gasteiger partial charge in [-0.15, -0.1) is 10.2 Å². The van der Waals surface area contributed by atoms with Crippen LogP contribution in [0.2, 0.25) is 10.0 Å². The van der Waals surface area contributed by atoms with E-state index in [0.29, 0.717) is 33.6 Å².